The van der Waals surface area contributed by atoms with Crippen molar-refractivity contribution in [3.8, 4) is 11.5 Å². The first-order valence-electron chi connectivity index (χ1n) is 7.50. The lowest BCUT2D eigenvalue weighted by atomic mass is 10.0. The van der Waals surface area contributed by atoms with Gasteiger partial charge in [-0.1, -0.05) is 27.2 Å². The van der Waals surface area contributed by atoms with Gasteiger partial charge in [0.25, 0.3) is 0 Å². The molecular formula is C17H25NO3. The zero-order chi connectivity index (χ0) is 15.4. The lowest BCUT2D eigenvalue weighted by Crippen LogP contribution is -2.22. The minimum atomic E-state index is 0.420. The molecule has 2 aromatic rings. The first kappa shape index (κ1) is 15.7. The molecule has 116 valence electrons. The van der Waals surface area contributed by atoms with E-state index in [1.807, 2.05) is 12.1 Å². The van der Waals surface area contributed by atoms with E-state index in [0.717, 1.165) is 47.6 Å². The van der Waals surface area contributed by atoms with Crippen molar-refractivity contribution in [2.45, 2.75) is 46.2 Å². The molecule has 0 aliphatic heterocycles. The number of aryl methyl sites for hydroxylation is 1. The summed E-state index contributed by atoms with van der Waals surface area (Å²) in [4.78, 5) is 0. The van der Waals surface area contributed by atoms with Crippen molar-refractivity contribution >= 4 is 11.0 Å². The molecule has 0 atom stereocenters. The molecule has 4 heteroatoms. The summed E-state index contributed by atoms with van der Waals surface area (Å²) in [6, 6.07) is 4.26. The Balaban J connectivity index is 2.55. The number of fused-ring (bicyclic) bond motifs is 1. The number of benzene rings is 1. The van der Waals surface area contributed by atoms with E-state index in [1.54, 1.807) is 14.2 Å². The molecule has 0 amide bonds. The SMILES string of the molecule is CCCc1c(CNC(C)C)oc2cc(OC)cc(OC)c12. The maximum atomic E-state index is 6.06. The standard InChI is InChI=1S/C17H25NO3/c1-6-7-13-16(10-18-11(2)3)21-15-9-12(19-4)8-14(20-5)17(13)15/h8-9,11,18H,6-7,10H2,1-5H3. The lowest BCUT2D eigenvalue weighted by molar-refractivity contribution is 0.396. The largest absolute Gasteiger partial charge is 0.496 e. The van der Waals surface area contributed by atoms with Crippen LogP contribution in [-0.2, 0) is 13.0 Å². The molecule has 1 heterocycles. The highest BCUT2D eigenvalue weighted by atomic mass is 16.5. The van der Waals surface area contributed by atoms with E-state index in [1.165, 1.54) is 5.56 Å². The van der Waals surface area contributed by atoms with Gasteiger partial charge in [-0.3, -0.25) is 0 Å². The van der Waals surface area contributed by atoms with Crippen molar-refractivity contribution in [3.63, 3.8) is 0 Å². The molecule has 0 aliphatic carbocycles. The van der Waals surface area contributed by atoms with Crippen LogP contribution >= 0.6 is 0 Å². The summed E-state index contributed by atoms with van der Waals surface area (Å²) in [7, 11) is 3.33. The van der Waals surface area contributed by atoms with Crippen molar-refractivity contribution in [2.75, 3.05) is 14.2 Å². The summed E-state index contributed by atoms with van der Waals surface area (Å²) >= 11 is 0. The fraction of sp³-hybridized carbons (Fsp3) is 0.529. The third kappa shape index (κ3) is 3.32. The number of hydrogen-bond donors (Lipinski definition) is 1. The lowest BCUT2D eigenvalue weighted by Gasteiger charge is -2.08. The monoisotopic (exact) mass is 291 g/mol. The summed E-state index contributed by atoms with van der Waals surface area (Å²) < 4.78 is 16.9. The molecule has 0 spiro atoms. The zero-order valence-electron chi connectivity index (χ0n) is 13.6. The van der Waals surface area contributed by atoms with Crippen LogP contribution in [0.4, 0.5) is 0 Å². The second-order valence-corrected chi connectivity index (χ2v) is 5.49. The first-order chi connectivity index (χ1) is 10.1. The van der Waals surface area contributed by atoms with E-state index in [0.29, 0.717) is 6.04 Å². The first-order valence-corrected chi connectivity index (χ1v) is 7.50. The number of nitrogens with one attached hydrogen (secondary N) is 1. The summed E-state index contributed by atoms with van der Waals surface area (Å²) in [5, 5.41) is 4.49. The Bertz CT molecular complexity index is 602. The number of ether oxygens (including phenoxy) is 2. The van der Waals surface area contributed by atoms with Crippen LogP contribution in [0.15, 0.2) is 16.5 Å². The number of furan rings is 1. The molecule has 4 nitrogen and oxygen atoms in total. The highest BCUT2D eigenvalue weighted by Crippen LogP contribution is 2.37. The van der Waals surface area contributed by atoms with Crippen LogP contribution in [0.25, 0.3) is 11.0 Å². The maximum Gasteiger partial charge on any atom is 0.142 e. The van der Waals surface area contributed by atoms with E-state index in [9.17, 15) is 0 Å². The van der Waals surface area contributed by atoms with Gasteiger partial charge >= 0.3 is 0 Å². The summed E-state index contributed by atoms with van der Waals surface area (Å²) in [6.45, 7) is 7.17. The van der Waals surface area contributed by atoms with Crippen molar-refractivity contribution in [1.82, 2.24) is 5.32 Å². The molecule has 0 saturated heterocycles. The Labute approximate surface area is 126 Å². The number of rotatable bonds is 7. The zero-order valence-corrected chi connectivity index (χ0v) is 13.6. The molecule has 1 aromatic carbocycles. The van der Waals surface area contributed by atoms with Crippen molar-refractivity contribution < 1.29 is 13.9 Å². The Kier molecular flexibility index (Phi) is 5.12. The summed E-state index contributed by atoms with van der Waals surface area (Å²) in [5.74, 6) is 2.55. The molecule has 1 aromatic heterocycles. The van der Waals surface area contributed by atoms with E-state index in [4.69, 9.17) is 13.9 Å². The van der Waals surface area contributed by atoms with Gasteiger partial charge in [-0.15, -0.1) is 0 Å². The van der Waals surface area contributed by atoms with Crippen molar-refractivity contribution in [2.24, 2.45) is 0 Å². The minimum Gasteiger partial charge on any atom is -0.496 e. The van der Waals surface area contributed by atoms with Crippen LogP contribution in [0.5, 0.6) is 11.5 Å². The fourth-order valence-corrected chi connectivity index (χ4v) is 2.51. The van der Waals surface area contributed by atoms with Gasteiger partial charge < -0.3 is 19.2 Å². The van der Waals surface area contributed by atoms with E-state index in [2.05, 4.69) is 26.1 Å². The molecule has 21 heavy (non-hydrogen) atoms. The Hall–Kier alpha value is -1.68. The van der Waals surface area contributed by atoms with Gasteiger partial charge in [-0.25, -0.2) is 0 Å². The topological polar surface area (TPSA) is 43.6 Å². The van der Waals surface area contributed by atoms with E-state index >= 15 is 0 Å². The highest BCUT2D eigenvalue weighted by Gasteiger charge is 2.18. The van der Waals surface area contributed by atoms with Crippen LogP contribution in [0.3, 0.4) is 0 Å². The molecule has 0 radical (unpaired) electrons. The van der Waals surface area contributed by atoms with Gasteiger partial charge in [-0.2, -0.15) is 0 Å². The predicted octanol–water partition coefficient (Wildman–Crippen LogP) is 3.90. The van der Waals surface area contributed by atoms with Crippen LogP contribution in [0.1, 0.15) is 38.5 Å². The normalized spacial score (nSPS) is 11.3. The fourth-order valence-electron chi connectivity index (χ4n) is 2.51. The average Bonchev–Trinajstić information content (AvgIpc) is 2.82. The molecule has 1 N–H and O–H groups in total. The van der Waals surface area contributed by atoms with Crippen LogP contribution < -0.4 is 14.8 Å². The molecule has 0 bridgehead atoms. The Morgan fingerprint density at radius 3 is 2.52 bits per heavy atom. The van der Waals surface area contributed by atoms with Crippen molar-refractivity contribution in [1.29, 1.82) is 0 Å². The van der Waals surface area contributed by atoms with Gasteiger partial charge in [0, 0.05) is 23.7 Å². The molecular weight excluding hydrogens is 266 g/mol. The summed E-state index contributed by atoms with van der Waals surface area (Å²) in [5.41, 5.74) is 2.07. The van der Waals surface area contributed by atoms with Crippen molar-refractivity contribution in [3.05, 3.63) is 23.5 Å². The third-order valence-corrected chi connectivity index (χ3v) is 3.54. The second-order valence-electron chi connectivity index (χ2n) is 5.49. The van der Waals surface area contributed by atoms with Crippen LogP contribution in [0, 0.1) is 0 Å². The molecule has 2 rings (SSSR count). The molecule has 0 unspecified atom stereocenters. The number of hydrogen-bond acceptors (Lipinski definition) is 4. The van der Waals surface area contributed by atoms with Gasteiger partial charge in [0.15, 0.2) is 0 Å². The van der Waals surface area contributed by atoms with Crippen LogP contribution in [0.2, 0.25) is 0 Å². The second kappa shape index (κ2) is 6.85. The van der Waals surface area contributed by atoms with E-state index in [-0.39, 0.29) is 0 Å². The minimum absolute atomic E-state index is 0.420. The third-order valence-electron chi connectivity index (χ3n) is 3.54. The van der Waals surface area contributed by atoms with Crippen LogP contribution in [-0.4, -0.2) is 20.3 Å². The van der Waals surface area contributed by atoms with Gasteiger partial charge in [0.1, 0.15) is 22.8 Å². The predicted molar refractivity (Wildman–Crippen MR) is 85.3 cm³/mol. The molecule has 0 saturated carbocycles. The Morgan fingerprint density at radius 2 is 1.95 bits per heavy atom. The highest BCUT2D eigenvalue weighted by molar-refractivity contribution is 5.90. The smallest absolute Gasteiger partial charge is 0.142 e. The molecule has 0 aliphatic rings. The summed E-state index contributed by atoms with van der Waals surface area (Å²) in [6.07, 6.45) is 2.04. The number of methoxy groups -OCH3 is 2. The maximum absolute atomic E-state index is 6.06. The molecule has 0 fully saturated rings. The van der Waals surface area contributed by atoms with Gasteiger partial charge in [0.2, 0.25) is 0 Å². The van der Waals surface area contributed by atoms with Gasteiger partial charge in [0.05, 0.1) is 26.2 Å². The Morgan fingerprint density at radius 1 is 1.19 bits per heavy atom. The average molecular weight is 291 g/mol. The quantitative estimate of drug-likeness (QED) is 0.840. The van der Waals surface area contributed by atoms with Gasteiger partial charge in [-0.05, 0) is 6.42 Å². The van der Waals surface area contributed by atoms with E-state index < -0.39 is 0 Å².